The Bertz CT molecular complexity index is 677. The van der Waals surface area contributed by atoms with Gasteiger partial charge in [0, 0.05) is 0 Å². The standard InChI is InChI=1S/C17H20FNO7/c1-24-14(21)9-12(16(22)25-2)15(17(23)26-3)19-13(20)8-10-5-4-6-11(18)7-10/h4-7,12,15H,8-9H2,1-3H3,(H,19,20)/t12-,15+/m0/s1. The Morgan fingerprint density at radius 1 is 1.04 bits per heavy atom. The second-order valence-electron chi connectivity index (χ2n) is 5.28. The molecule has 8 nitrogen and oxygen atoms in total. The molecule has 0 bridgehead atoms. The van der Waals surface area contributed by atoms with Gasteiger partial charge in [0.2, 0.25) is 5.91 Å². The highest BCUT2D eigenvalue weighted by Crippen LogP contribution is 2.15. The summed E-state index contributed by atoms with van der Waals surface area (Å²) in [5.41, 5.74) is 0.369. The number of rotatable bonds is 8. The number of halogens is 1. The maximum atomic E-state index is 13.2. The van der Waals surface area contributed by atoms with Gasteiger partial charge in [0.15, 0.2) is 0 Å². The molecule has 1 rings (SSSR count). The van der Waals surface area contributed by atoms with E-state index in [0.717, 1.165) is 21.3 Å². The molecular formula is C17H20FNO7. The fraction of sp³-hybridized carbons (Fsp3) is 0.412. The average molecular weight is 369 g/mol. The minimum atomic E-state index is -1.47. The topological polar surface area (TPSA) is 108 Å². The third-order valence-corrected chi connectivity index (χ3v) is 3.55. The van der Waals surface area contributed by atoms with Crippen LogP contribution in [0.3, 0.4) is 0 Å². The van der Waals surface area contributed by atoms with Crippen molar-refractivity contribution >= 4 is 23.8 Å². The fourth-order valence-corrected chi connectivity index (χ4v) is 2.26. The smallest absolute Gasteiger partial charge is 0.329 e. The second-order valence-corrected chi connectivity index (χ2v) is 5.28. The Morgan fingerprint density at radius 2 is 1.69 bits per heavy atom. The monoisotopic (exact) mass is 369 g/mol. The van der Waals surface area contributed by atoms with Crippen LogP contribution in [-0.2, 0) is 39.8 Å². The SMILES string of the molecule is COC(=O)C[C@H](C(=O)OC)[C@@H](NC(=O)Cc1cccc(F)c1)C(=O)OC. The number of nitrogens with one attached hydrogen (secondary N) is 1. The Kier molecular flexibility index (Phi) is 8.20. The number of hydrogen-bond donors (Lipinski definition) is 1. The first kappa shape index (κ1) is 21.1. The van der Waals surface area contributed by atoms with Crippen LogP contribution in [0.25, 0.3) is 0 Å². The van der Waals surface area contributed by atoms with E-state index in [1.54, 1.807) is 0 Å². The molecule has 0 aliphatic heterocycles. The lowest BCUT2D eigenvalue weighted by Crippen LogP contribution is -2.50. The molecule has 0 fully saturated rings. The summed E-state index contributed by atoms with van der Waals surface area (Å²) in [5, 5.41) is 2.34. The third kappa shape index (κ3) is 6.15. The average Bonchev–Trinajstić information content (AvgIpc) is 2.62. The molecule has 1 amide bonds. The van der Waals surface area contributed by atoms with Crippen LogP contribution in [-0.4, -0.2) is 51.2 Å². The third-order valence-electron chi connectivity index (χ3n) is 3.55. The van der Waals surface area contributed by atoms with E-state index in [1.807, 2.05) is 0 Å². The lowest BCUT2D eigenvalue weighted by molar-refractivity contribution is -0.159. The Hall–Kier alpha value is -2.97. The molecule has 0 spiro atoms. The number of ether oxygens (including phenoxy) is 3. The van der Waals surface area contributed by atoms with Crippen LogP contribution >= 0.6 is 0 Å². The van der Waals surface area contributed by atoms with Crippen molar-refractivity contribution < 1.29 is 37.8 Å². The molecule has 0 aromatic heterocycles. The normalized spacial score (nSPS) is 12.5. The van der Waals surface area contributed by atoms with E-state index in [9.17, 15) is 23.6 Å². The highest BCUT2D eigenvalue weighted by Gasteiger charge is 2.38. The van der Waals surface area contributed by atoms with Crippen molar-refractivity contribution in [1.82, 2.24) is 5.32 Å². The molecule has 0 saturated carbocycles. The molecule has 2 atom stereocenters. The molecule has 0 saturated heterocycles. The van der Waals surface area contributed by atoms with Gasteiger partial charge in [0.1, 0.15) is 11.9 Å². The van der Waals surface area contributed by atoms with E-state index in [2.05, 4.69) is 19.5 Å². The summed E-state index contributed by atoms with van der Waals surface area (Å²) in [4.78, 5) is 47.8. The summed E-state index contributed by atoms with van der Waals surface area (Å²) in [6.07, 6.45) is -0.736. The molecule has 0 aliphatic carbocycles. The molecule has 0 aliphatic rings. The highest BCUT2D eigenvalue weighted by atomic mass is 19.1. The van der Waals surface area contributed by atoms with Crippen LogP contribution in [0.15, 0.2) is 24.3 Å². The summed E-state index contributed by atoms with van der Waals surface area (Å²) in [6, 6.07) is 3.89. The van der Waals surface area contributed by atoms with Crippen LogP contribution in [0.2, 0.25) is 0 Å². The predicted molar refractivity (Wildman–Crippen MR) is 86.2 cm³/mol. The van der Waals surface area contributed by atoms with E-state index in [1.165, 1.54) is 24.3 Å². The predicted octanol–water partition coefficient (Wildman–Crippen LogP) is 0.378. The van der Waals surface area contributed by atoms with Gasteiger partial charge in [-0.2, -0.15) is 0 Å². The van der Waals surface area contributed by atoms with Crippen molar-refractivity contribution in [3.8, 4) is 0 Å². The first-order valence-corrected chi connectivity index (χ1v) is 7.58. The van der Waals surface area contributed by atoms with E-state index >= 15 is 0 Å². The summed E-state index contributed by atoms with van der Waals surface area (Å²) >= 11 is 0. The van der Waals surface area contributed by atoms with Crippen LogP contribution in [0.4, 0.5) is 4.39 Å². The zero-order valence-electron chi connectivity index (χ0n) is 14.6. The maximum Gasteiger partial charge on any atom is 0.329 e. The van der Waals surface area contributed by atoms with Gasteiger partial charge in [-0.3, -0.25) is 14.4 Å². The molecule has 9 heteroatoms. The molecule has 1 aromatic rings. The fourth-order valence-electron chi connectivity index (χ4n) is 2.26. The molecule has 26 heavy (non-hydrogen) atoms. The van der Waals surface area contributed by atoms with Crippen molar-refractivity contribution in [2.45, 2.75) is 18.9 Å². The molecule has 0 unspecified atom stereocenters. The van der Waals surface area contributed by atoms with Crippen LogP contribution in [0, 0.1) is 11.7 Å². The van der Waals surface area contributed by atoms with Gasteiger partial charge in [-0.15, -0.1) is 0 Å². The summed E-state index contributed by atoms with van der Waals surface area (Å²) in [5.74, 6) is -5.11. The number of hydrogen-bond acceptors (Lipinski definition) is 7. The Balaban J connectivity index is 2.98. The number of benzene rings is 1. The van der Waals surface area contributed by atoms with Gasteiger partial charge < -0.3 is 19.5 Å². The zero-order valence-corrected chi connectivity index (χ0v) is 14.6. The van der Waals surface area contributed by atoms with Gasteiger partial charge in [-0.25, -0.2) is 9.18 Å². The highest BCUT2D eigenvalue weighted by molar-refractivity contribution is 5.91. The zero-order chi connectivity index (χ0) is 19.7. The molecule has 1 aromatic carbocycles. The van der Waals surface area contributed by atoms with Gasteiger partial charge in [-0.05, 0) is 17.7 Å². The van der Waals surface area contributed by atoms with Crippen LogP contribution in [0.1, 0.15) is 12.0 Å². The van der Waals surface area contributed by atoms with Crippen LogP contribution < -0.4 is 5.32 Å². The maximum absolute atomic E-state index is 13.2. The number of carbonyl (C=O) groups is 4. The van der Waals surface area contributed by atoms with Gasteiger partial charge in [0.05, 0.1) is 40.1 Å². The number of methoxy groups -OCH3 is 3. The van der Waals surface area contributed by atoms with Crippen LogP contribution in [0.5, 0.6) is 0 Å². The quantitative estimate of drug-likeness (QED) is 0.521. The van der Waals surface area contributed by atoms with E-state index in [4.69, 9.17) is 0 Å². The second kappa shape index (κ2) is 10.1. The first-order valence-electron chi connectivity index (χ1n) is 7.58. The number of amides is 1. The summed E-state index contributed by atoms with van der Waals surface area (Å²) in [7, 11) is 3.27. The largest absolute Gasteiger partial charge is 0.469 e. The van der Waals surface area contributed by atoms with Crippen molar-refractivity contribution in [1.29, 1.82) is 0 Å². The number of carbonyl (C=O) groups excluding carboxylic acids is 4. The summed E-state index contributed by atoms with van der Waals surface area (Å²) in [6.45, 7) is 0. The minimum Gasteiger partial charge on any atom is -0.469 e. The van der Waals surface area contributed by atoms with Gasteiger partial charge >= 0.3 is 17.9 Å². The number of esters is 3. The van der Waals surface area contributed by atoms with Crippen molar-refractivity contribution in [2.24, 2.45) is 5.92 Å². The molecule has 0 radical (unpaired) electrons. The molecule has 1 N–H and O–H groups in total. The Morgan fingerprint density at radius 3 is 2.23 bits per heavy atom. The van der Waals surface area contributed by atoms with Gasteiger partial charge in [-0.1, -0.05) is 12.1 Å². The summed E-state index contributed by atoms with van der Waals surface area (Å²) < 4.78 is 26.9. The first-order chi connectivity index (χ1) is 12.3. The van der Waals surface area contributed by atoms with E-state index in [-0.39, 0.29) is 6.42 Å². The van der Waals surface area contributed by atoms with Gasteiger partial charge in [0.25, 0.3) is 0 Å². The Labute approximate surface area is 149 Å². The lowest BCUT2D eigenvalue weighted by Gasteiger charge is -2.23. The molecule has 142 valence electrons. The molecular weight excluding hydrogens is 349 g/mol. The van der Waals surface area contributed by atoms with Crippen molar-refractivity contribution in [2.75, 3.05) is 21.3 Å². The van der Waals surface area contributed by atoms with Crippen molar-refractivity contribution in [3.63, 3.8) is 0 Å². The molecule has 0 heterocycles. The van der Waals surface area contributed by atoms with Crippen molar-refractivity contribution in [3.05, 3.63) is 35.6 Å². The van der Waals surface area contributed by atoms with E-state index in [0.29, 0.717) is 5.56 Å². The minimum absolute atomic E-state index is 0.239. The van der Waals surface area contributed by atoms with E-state index < -0.39 is 48.0 Å². The lowest BCUT2D eigenvalue weighted by atomic mass is 9.95.